The summed E-state index contributed by atoms with van der Waals surface area (Å²) in [6.45, 7) is 0.738. The largest absolute Gasteiger partial charge is 0.372 e. The van der Waals surface area contributed by atoms with Crippen LogP contribution in [-0.2, 0) is 15.1 Å². The summed E-state index contributed by atoms with van der Waals surface area (Å²) in [5, 5.41) is 11.5. The quantitative estimate of drug-likeness (QED) is 0.459. The van der Waals surface area contributed by atoms with Gasteiger partial charge in [-0.25, -0.2) is 0 Å². The Balaban J connectivity index is 1.97. The molecule has 6 nitrogen and oxygen atoms in total. The number of methoxy groups -OCH3 is 1. The number of fused-ring (bicyclic) bond motifs is 1. The van der Waals surface area contributed by atoms with Gasteiger partial charge in [0.15, 0.2) is 5.78 Å². The van der Waals surface area contributed by atoms with Gasteiger partial charge in [0.1, 0.15) is 11.1 Å². The molecular formula is C16H15BrN2O4. The Morgan fingerprint density at radius 2 is 2.17 bits per heavy atom. The highest BCUT2D eigenvalue weighted by Crippen LogP contribution is 2.64. The molecule has 1 unspecified atom stereocenters. The summed E-state index contributed by atoms with van der Waals surface area (Å²) in [7, 11) is 1.64. The Hall–Kier alpha value is -1.57. The number of carbonyl (C=O) groups is 1. The van der Waals surface area contributed by atoms with Crippen molar-refractivity contribution in [3.8, 4) is 0 Å². The maximum absolute atomic E-state index is 13.0. The van der Waals surface area contributed by atoms with Crippen LogP contribution in [0.5, 0.6) is 0 Å². The minimum absolute atomic E-state index is 0.0116. The second-order valence-corrected chi connectivity index (χ2v) is 7.07. The predicted octanol–water partition coefficient (Wildman–Crippen LogP) is 2.51. The zero-order valence-corrected chi connectivity index (χ0v) is 14.1. The Labute approximate surface area is 141 Å². The van der Waals surface area contributed by atoms with Crippen LogP contribution < -0.4 is 0 Å². The van der Waals surface area contributed by atoms with Crippen LogP contribution in [0.3, 0.4) is 0 Å². The fraction of sp³-hybridized carbons (Fsp3) is 0.438. The third kappa shape index (κ3) is 1.67. The van der Waals surface area contributed by atoms with E-state index in [-0.39, 0.29) is 17.5 Å². The predicted molar refractivity (Wildman–Crippen MR) is 86.3 cm³/mol. The zero-order valence-electron chi connectivity index (χ0n) is 12.5. The molecule has 1 aliphatic carbocycles. The molecule has 2 fully saturated rings. The van der Waals surface area contributed by atoms with Crippen molar-refractivity contribution < 1.29 is 14.5 Å². The summed E-state index contributed by atoms with van der Waals surface area (Å²) in [4.78, 5) is 26.1. The minimum atomic E-state index is -0.982. The fourth-order valence-electron chi connectivity index (χ4n) is 4.45. The monoisotopic (exact) mass is 378 g/mol. The second kappa shape index (κ2) is 4.72. The Morgan fingerprint density at radius 3 is 2.87 bits per heavy atom. The summed E-state index contributed by atoms with van der Waals surface area (Å²) < 4.78 is 6.24. The normalized spacial score (nSPS) is 37.8. The lowest BCUT2D eigenvalue weighted by Crippen LogP contribution is -2.46. The van der Waals surface area contributed by atoms with Gasteiger partial charge in [0.25, 0.3) is 5.69 Å². The molecule has 0 bridgehead atoms. The van der Waals surface area contributed by atoms with Gasteiger partial charge in [-0.1, -0.05) is 12.1 Å². The highest BCUT2D eigenvalue weighted by atomic mass is 79.9. The third-order valence-corrected chi connectivity index (χ3v) is 5.94. The van der Waals surface area contributed by atoms with Gasteiger partial charge in [-0.15, -0.1) is 0 Å². The Bertz CT molecular complexity index is 764. The van der Waals surface area contributed by atoms with Crippen molar-refractivity contribution in [3.05, 3.63) is 50.5 Å². The number of nitro benzene ring substituents is 1. The number of hydrogen-bond acceptors (Lipinski definition) is 5. The number of halogens is 1. The number of Topliss-reactive ketones (excluding diaryl/α,β-unsaturated/α-hetero) is 1. The van der Waals surface area contributed by atoms with Gasteiger partial charge in [0.2, 0.25) is 0 Å². The van der Waals surface area contributed by atoms with E-state index in [1.807, 2.05) is 6.08 Å². The first kappa shape index (κ1) is 15.0. The third-order valence-electron chi connectivity index (χ3n) is 5.35. The number of benzene rings is 1. The Kier molecular flexibility index (Phi) is 3.07. The van der Waals surface area contributed by atoms with E-state index in [0.717, 1.165) is 19.4 Å². The van der Waals surface area contributed by atoms with Crippen LogP contribution in [0.4, 0.5) is 5.69 Å². The van der Waals surface area contributed by atoms with Gasteiger partial charge < -0.3 is 4.74 Å². The summed E-state index contributed by atoms with van der Waals surface area (Å²) in [6.07, 6.45) is 3.53. The number of nitro groups is 1. The number of ketones is 1. The summed E-state index contributed by atoms with van der Waals surface area (Å²) in [6, 6.07) is 6.35. The van der Waals surface area contributed by atoms with E-state index < -0.39 is 16.1 Å². The van der Waals surface area contributed by atoms with E-state index in [9.17, 15) is 14.9 Å². The fourth-order valence-corrected chi connectivity index (χ4v) is 5.14. The molecule has 4 rings (SSSR count). The lowest BCUT2D eigenvalue weighted by molar-refractivity contribution is -0.385. The minimum Gasteiger partial charge on any atom is -0.372 e. The average molecular weight is 379 g/mol. The van der Waals surface area contributed by atoms with Gasteiger partial charge in [0, 0.05) is 19.7 Å². The molecule has 120 valence electrons. The molecule has 0 amide bonds. The van der Waals surface area contributed by atoms with E-state index in [4.69, 9.17) is 4.74 Å². The average Bonchev–Trinajstić information content (AvgIpc) is 3.25. The molecule has 7 heteroatoms. The highest BCUT2D eigenvalue weighted by Gasteiger charge is 2.79. The molecule has 0 radical (unpaired) electrons. The van der Waals surface area contributed by atoms with Gasteiger partial charge in [-0.2, -0.15) is 0 Å². The lowest BCUT2D eigenvalue weighted by Gasteiger charge is -2.35. The molecule has 0 spiro atoms. The number of carbonyl (C=O) groups excluding carboxylic acids is 1. The number of piperidine rings is 1. The second-order valence-electron chi connectivity index (χ2n) is 6.22. The summed E-state index contributed by atoms with van der Waals surface area (Å²) in [5.41, 5.74) is -1.10. The van der Waals surface area contributed by atoms with Crippen molar-refractivity contribution in [1.29, 1.82) is 0 Å². The topological polar surface area (TPSA) is 72.5 Å². The van der Waals surface area contributed by atoms with E-state index in [1.165, 1.54) is 6.07 Å². The highest BCUT2D eigenvalue weighted by molar-refractivity contribution is 9.12. The molecule has 2 aliphatic heterocycles. The number of para-hydroxylation sites is 1. The lowest BCUT2D eigenvalue weighted by atomic mass is 9.76. The first-order chi connectivity index (χ1) is 11.0. The maximum Gasteiger partial charge on any atom is 0.275 e. The van der Waals surface area contributed by atoms with Gasteiger partial charge >= 0.3 is 0 Å². The first-order valence-electron chi connectivity index (χ1n) is 7.48. The van der Waals surface area contributed by atoms with Gasteiger partial charge in [-0.05, 0) is 40.9 Å². The van der Waals surface area contributed by atoms with Crippen molar-refractivity contribution >= 4 is 27.4 Å². The number of nitrogens with zero attached hydrogens (tertiary/aromatic N) is 2. The van der Waals surface area contributed by atoms with Crippen LogP contribution in [0.25, 0.3) is 0 Å². The molecule has 4 atom stereocenters. The number of ether oxygens (including phenoxy) is 1. The number of rotatable bonds is 3. The van der Waals surface area contributed by atoms with Crippen LogP contribution in [0.1, 0.15) is 18.4 Å². The molecular weight excluding hydrogens is 364 g/mol. The molecule has 23 heavy (non-hydrogen) atoms. The summed E-state index contributed by atoms with van der Waals surface area (Å²) >= 11 is 3.36. The van der Waals surface area contributed by atoms with Crippen LogP contribution in [0.2, 0.25) is 0 Å². The molecule has 0 N–H and O–H groups in total. The van der Waals surface area contributed by atoms with Crippen LogP contribution in [-0.4, -0.2) is 40.9 Å². The zero-order chi connectivity index (χ0) is 16.4. The molecule has 3 aliphatic rings. The van der Waals surface area contributed by atoms with Gasteiger partial charge in [-0.3, -0.25) is 19.8 Å². The van der Waals surface area contributed by atoms with E-state index in [1.54, 1.807) is 25.3 Å². The van der Waals surface area contributed by atoms with Crippen molar-refractivity contribution in [3.63, 3.8) is 0 Å². The molecule has 2 heterocycles. The van der Waals surface area contributed by atoms with Crippen molar-refractivity contribution in [2.45, 2.75) is 30.0 Å². The molecule has 0 aromatic heterocycles. The van der Waals surface area contributed by atoms with Crippen molar-refractivity contribution in [1.82, 2.24) is 4.90 Å². The first-order valence-corrected chi connectivity index (χ1v) is 8.27. The molecule has 2 saturated heterocycles. The van der Waals surface area contributed by atoms with Crippen LogP contribution in [0, 0.1) is 10.1 Å². The van der Waals surface area contributed by atoms with Crippen LogP contribution in [0.15, 0.2) is 34.8 Å². The standard InChI is InChI=1S/C16H15BrN2O4/c1-23-15-7-4-8-18-14(15)16(18,13(20)11(17)9-15)10-5-2-3-6-12(10)19(21)22/h2-3,5-6,9,14H,4,7-8H2,1H3/t14-,15+,16+,18?/m1/s1. The molecule has 1 aromatic carbocycles. The van der Waals surface area contributed by atoms with Crippen LogP contribution >= 0.6 is 15.9 Å². The van der Waals surface area contributed by atoms with E-state index >= 15 is 0 Å². The maximum atomic E-state index is 13.0. The van der Waals surface area contributed by atoms with Crippen molar-refractivity contribution in [2.75, 3.05) is 13.7 Å². The molecule has 0 saturated carbocycles. The summed E-state index contributed by atoms with van der Waals surface area (Å²) in [5.74, 6) is -0.119. The van der Waals surface area contributed by atoms with Crippen molar-refractivity contribution in [2.24, 2.45) is 0 Å². The SMILES string of the molecule is CO[C@@]12C=C(Br)C(=O)[C@@]3(c4ccccc4[N+](=O)[O-])[C@@H]1N3CCC2. The smallest absolute Gasteiger partial charge is 0.275 e. The Morgan fingerprint density at radius 1 is 1.43 bits per heavy atom. The van der Waals surface area contributed by atoms with E-state index in [2.05, 4.69) is 20.8 Å². The van der Waals surface area contributed by atoms with Gasteiger partial charge in [0.05, 0.1) is 21.0 Å². The van der Waals surface area contributed by atoms with E-state index in [0.29, 0.717) is 10.0 Å². The number of hydrogen-bond donors (Lipinski definition) is 0. The molecule has 1 aromatic rings.